The molecule has 0 radical (unpaired) electrons. The predicted molar refractivity (Wildman–Crippen MR) is 79.7 cm³/mol. The molecule has 0 heterocycles. The summed E-state index contributed by atoms with van der Waals surface area (Å²) in [6.45, 7) is 1.72. The Labute approximate surface area is 124 Å². The number of sulfone groups is 1. The number of rotatable bonds is 4. The summed E-state index contributed by atoms with van der Waals surface area (Å²) in [5.41, 5.74) is 0.885. The van der Waals surface area contributed by atoms with E-state index in [2.05, 4.69) is 0 Å². The van der Waals surface area contributed by atoms with Gasteiger partial charge in [-0.25, -0.2) is 13.2 Å². The zero-order chi connectivity index (χ0) is 15.6. The molecule has 1 aliphatic rings. The van der Waals surface area contributed by atoms with Gasteiger partial charge in [0.15, 0.2) is 0 Å². The quantitative estimate of drug-likeness (QED) is 0.923. The Morgan fingerprint density at radius 3 is 2.62 bits per heavy atom. The van der Waals surface area contributed by atoms with E-state index in [1.807, 2.05) is 0 Å². The van der Waals surface area contributed by atoms with Crippen LogP contribution < -0.4 is 4.74 Å². The van der Waals surface area contributed by atoms with Crippen LogP contribution in [-0.4, -0.2) is 37.1 Å². The standard InChI is InChI=1S/C15H20O5S/c1-10-8-12(6-7-14(10)15(16)17)20-11-4-3-5-13(9-11)21(2,18)19/h6-8,11,13H,3-5,9H2,1-2H3,(H,16,17). The van der Waals surface area contributed by atoms with Gasteiger partial charge in [-0.15, -0.1) is 0 Å². The zero-order valence-electron chi connectivity index (χ0n) is 12.2. The lowest BCUT2D eigenvalue weighted by atomic mass is 9.97. The largest absolute Gasteiger partial charge is 0.490 e. The van der Waals surface area contributed by atoms with Gasteiger partial charge >= 0.3 is 5.97 Å². The predicted octanol–water partition coefficient (Wildman–Crippen LogP) is 2.43. The number of benzene rings is 1. The lowest BCUT2D eigenvalue weighted by Crippen LogP contribution is -2.33. The Bertz CT molecular complexity index is 635. The number of aromatic carboxylic acids is 1. The second kappa shape index (κ2) is 6.05. The van der Waals surface area contributed by atoms with Gasteiger partial charge in [-0.2, -0.15) is 0 Å². The maximum atomic E-state index is 11.6. The highest BCUT2D eigenvalue weighted by Gasteiger charge is 2.30. The molecule has 5 nitrogen and oxygen atoms in total. The highest BCUT2D eigenvalue weighted by molar-refractivity contribution is 7.91. The van der Waals surface area contributed by atoms with Gasteiger partial charge in [-0.1, -0.05) is 0 Å². The zero-order valence-corrected chi connectivity index (χ0v) is 13.0. The van der Waals surface area contributed by atoms with E-state index in [-0.39, 0.29) is 16.9 Å². The van der Waals surface area contributed by atoms with E-state index in [9.17, 15) is 13.2 Å². The van der Waals surface area contributed by atoms with Crippen LogP contribution in [-0.2, 0) is 9.84 Å². The lowest BCUT2D eigenvalue weighted by molar-refractivity contribution is 0.0696. The molecule has 0 aliphatic heterocycles. The van der Waals surface area contributed by atoms with E-state index in [0.717, 1.165) is 12.8 Å². The summed E-state index contributed by atoms with van der Waals surface area (Å²) < 4.78 is 29.1. The minimum atomic E-state index is -3.03. The number of aryl methyl sites for hydroxylation is 1. The van der Waals surface area contributed by atoms with Gasteiger partial charge in [-0.3, -0.25) is 0 Å². The fourth-order valence-electron chi connectivity index (χ4n) is 2.74. The van der Waals surface area contributed by atoms with Crippen LogP contribution in [0.25, 0.3) is 0 Å². The maximum Gasteiger partial charge on any atom is 0.335 e. The molecule has 2 unspecified atom stereocenters. The fraction of sp³-hybridized carbons (Fsp3) is 0.533. The first-order valence-electron chi connectivity index (χ1n) is 6.97. The molecule has 1 aromatic carbocycles. The van der Waals surface area contributed by atoms with Crippen molar-refractivity contribution in [3.05, 3.63) is 29.3 Å². The lowest BCUT2D eigenvalue weighted by Gasteiger charge is -2.28. The van der Waals surface area contributed by atoms with E-state index in [0.29, 0.717) is 24.2 Å². The summed E-state index contributed by atoms with van der Waals surface area (Å²) >= 11 is 0. The number of hydrogen-bond acceptors (Lipinski definition) is 4. The van der Waals surface area contributed by atoms with Crippen LogP contribution in [0.5, 0.6) is 5.75 Å². The summed E-state index contributed by atoms with van der Waals surface area (Å²) in [6, 6.07) is 4.83. The van der Waals surface area contributed by atoms with Crippen molar-refractivity contribution >= 4 is 15.8 Å². The van der Waals surface area contributed by atoms with Gasteiger partial charge in [-0.05, 0) is 49.9 Å². The van der Waals surface area contributed by atoms with Crippen molar-refractivity contribution in [3.63, 3.8) is 0 Å². The van der Waals surface area contributed by atoms with Crippen LogP contribution in [0, 0.1) is 6.92 Å². The highest BCUT2D eigenvalue weighted by Crippen LogP contribution is 2.28. The average Bonchev–Trinajstić information content (AvgIpc) is 2.37. The molecule has 0 bridgehead atoms. The first kappa shape index (κ1) is 15.8. The van der Waals surface area contributed by atoms with Gasteiger partial charge in [0.05, 0.1) is 16.9 Å². The minimum Gasteiger partial charge on any atom is -0.490 e. The van der Waals surface area contributed by atoms with Crippen LogP contribution in [0.4, 0.5) is 0 Å². The van der Waals surface area contributed by atoms with Crippen molar-refractivity contribution in [2.75, 3.05) is 6.26 Å². The van der Waals surface area contributed by atoms with Crippen LogP contribution in [0.15, 0.2) is 18.2 Å². The molecular weight excluding hydrogens is 292 g/mol. The molecule has 0 saturated heterocycles. The van der Waals surface area contributed by atoms with E-state index in [4.69, 9.17) is 9.84 Å². The second-order valence-electron chi connectivity index (χ2n) is 5.64. The van der Waals surface area contributed by atoms with E-state index in [1.165, 1.54) is 12.3 Å². The number of hydrogen-bond donors (Lipinski definition) is 1. The topological polar surface area (TPSA) is 80.7 Å². The summed E-state index contributed by atoms with van der Waals surface area (Å²) in [5, 5.41) is 8.66. The molecule has 1 saturated carbocycles. The van der Waals surface area contributed by atoms with Crippen LogP contribution in [0.2, 0.25) is 0 Å². The Kier molecular flexibility index (Phi) is 4.56. The van der Waals surface area contributed by atoms with Gasteiger partial charge in [0.2, 0.25) is 0 Å². The maximum absolute atomic E-state index is 11.6. The third-order valence-electron chi connectivity index (χ3n) is 3.91. The summed E-state index contributed by atoms with van der Waals surface area (Å²) in [4.78, 5) is 11.0. The summed E-state index contributed by atoms with van der Waals surface area (Å²) in [5.74, 6) is -0.370. The molecule has 0 aromatic heterocycles. The fourth-order valence-corrected chi connectivity index (χ4v) is 3.90. The summed E-state index contributed by atoms with van der Waals surface area (Å²) in [6.07, 6.45) is 3.98. The molecule has 2 atom stereocenters. The molecule has 116 valence electrons. The molecule has 2 rings (SSSR count). The number of carboxylic acid groups (broad SMARTS) is 1. The normalized spacial score (nSPS) is 22.8. The monoisotopic (exact) mass is 312 g/mol. The first-order chi connectivity index (χ1) is 9.77. The molecule has 1 N–H and O–H groups in total. The number of ether oxygens (including phenoxy) is 1. The highest BCUT2D eigenvalue weighted by atomic mass is 32.2. The molecule has 1 aromatic rings. The average molecular weight is 312 g/mol. The SMILES string of the molecule is Cc1cc(OC2CCCC(S(C)(=O)=O)C2)ccc1C(=O)O. The van der Waals surface area contributed by atoms with Crippen LogP contribution in [0.1, 0.15) is 41.6 Å². The van der Waals surface area contributed by atoms with E-state index < -0.39 is 15.8 Å². The van der Waals surface area contributed by atoms with Crippen molar-refractivity contribution in [2.45, 2.75) is 44.0 Å². The number of carboxylic acids is 1. The molecular formula is C15H20O5S. The Morgan fingerprint density at radius 1 is 1.33 bits per heavy atom. The van der Waals surface area contributed by atoms with Crippen LogP contribution >= 0.6 is 0 Å². The van der Waals surface area contributed by atoms with Crippen molar-refractivity contribution < 1.29 is 23.1 Å². The molecule has 1 fully saturated rings. The third kappa shape index (κ3) is 3.97. The third-order valence-corrected chi connectivity index (χ3v) is 5.55. The molecule has 6 heteroatoms. The first-order valence-corrected chi connectivity index (χ1v) is 8.92. The van der Waals surface area contributed by atoms with Crippen molar-refractivity contribution in [1.82, 2.24) is 0 Å². The Morgan fingerprint density at radius 2 is 2.05 bits per heavy atom. The van der Waals surface area contributed by atoms with Gasteiger partial charge < -0.3 is 9.84 Å². The molecule has 21 heavy (non-hydrogen) atoms. The molecule has 1 aliphatic carbocycles. The molecule has 0 spiro atoms. The van der Waals surface area contributed by atoms with Crippen molar-refractivity contribution in [1.29, 1.82) is 0 Å². The smallest absolute Gasteiger partial charge is 0.335 e. The minimum absolute atomic E-state index is 0.131. The molecule has 0 amide bonds. The van der Waals surface area contributed by atoms with Gasteiger partial charge in [0.25, 0.3) is 0 Å². The van der Waals surface area contributed by atoms with Crippen molar-refractivity contribution in [2.24, 2.45) is 0 Å². The van der Waals surface area contributed by atoms with Crippen molar-refractivity contribution in [3.8, 4) is 5.75 Å². The number of carbonyl (C=O) groups is 1. The Balaban J connectivity index is 2.08. The Hall–Kier alpha value is -1.56. The summed E-state index contributed by atoms with van der Waals surface area (Å²) in [7, 11) is -3.03. The van der Waals surface area contributed by atoms with Crippen LogP contribution in [0.3, 0.4) is 0 Å². The van der Waals surface area contributed by atoms with E-state index >= 15 is 0 Å². The van der Waals surface area contributed by atoms with Gasteiger partial charge in [0, 0.05) is 12.7 Å². The van der Waals surface area contributed by atoms with E-state index in [1.54, 1.807) is 19.1 Å². The second-order valence-corrected chi connectivity index (χ2v) is 7.97. The van der Waals surface area contributed by atoms with Gasteiger partial charge in [0.1, 0.15) is 15.6 Å².